The largest absolute Gasteiger partial charge is 0.271 e. The van der Waals surface area contributed by atoms with Gasteiger partial charge in [-0.2, -0.15) is 0 Å². The van der Waals surface area contributed by atoms with Crippen LogP contribution in [0.25, 0.3) is 0 Å². The van der Waals surface area contributed by atoms with Gasteiger partial charge in [-0.15, -0.1) is 11.3 Å². The molecule has 0 aliphatic rings. The molecule has 17 heavy (non-hydrogen) atoms. The smallest absolute Gasteiger partial charge is 0.125 e. The van der Waals surface area contributed by atoms with Crippen LogP contribution >= 0.6 is 27.3 Å². The van der Waals surface area contributed by atoms with Crippen LogP contribution in [0.3, 0.4) is 0 Å². The quantitative estimate of drug-likeness (QED) is 0.672. The van der Waals surface area contributed by atoms with Crippen molar-refractivity contribution in [2.24, 2.45) is 5.84 Å². The summed E-state index contributed by atoms with van der Waals surface area (Å²) in [5, 5.41) is 2.05. The number of nitrogens with zero attached hydrogens (tertiary/aromatic N) is 2. The van der Waals surface area contributed by atoms with Crippen LogP contribution in [0, 0.1) is 6.92 Å². The molecular formula is C11H13BrN4S. The number of aryl methyl sites for hydroxylation is 1. The molecule has 0 saturated carbocycles. The Bertz CT molecular complexity index is 500. The van der Waals surface area contributed by atoms with Gasteiger partial charge in [-0.1, -0.05) is 0 Å². The van der Waals surface area contributed by atoms with Crippen molar-refractivity contribution in [3.05, 3.63) is 44.6 Å². The molecule has 0 saturated heterocycles. The lowest BCUT2D eigenvalue weighted by Crippen LogP contribution is -2.30. The van der Waals surface area contributed by atoms with Crippen molar-refractivity contribution in [1.82, 2.24) is 15.4 Å². The third kappa shape index (κ3) is 3.10. The van der Waals surface area contributed by atoms with Gasteiger partial charge in [0.25, 0.3) is 0 Å². The lowest BCUT2D eigenvalue weighted by atomic mass is 10.1. The first-order valence-electron chi connectivity index (χ1n) is 5.18. The van der Waals surface area contributed by atoms with Crippen LogP contribution in [0.5, 0.6) is 0 Å². The fourth-order valence-corrected chi connectivity index (χ4v) is 3.13. The van der Waals surface area contributed by atoms with Crippen molar-refractivity contribution in [2.45, 2.75) is 19.4 Å². The number of nitrogens with two attached hydrogens (primary N) is 1. The van der Waals surface area contributed by atoms with Crippen LogP contribution in [0.15, 0.2) is 28.2 Å². The highest BCUT2D eigenvalue weighted by Gasteiger charge is 2.14. The SMILES string of the molecule is Cc1nccc(C(Cc2sccc2Br)NN)n1. The van der Waals surface area contributed by atoms with Gasteiger partial charge in [-0.25, -0.2) is 9.97 Å². The van der Waals surface area contributed by atoms with E-state index in [9.17, 15) is 0 Å². The Kier molecular flexibility index (Phi) is 4.22. The fraction of sp³-hybridized carbons (Fsp3) is 0.273. The van der Waals surface area contributed by atoms with E-state index in [0.717, 1.165) is 22.4 Å². The topological polar surface area (TPSA) is 63.8 Å². The summed E-state index contributed by atoms with van der Waals surface area (Å²) in [6.07, 6.45) is 2.57. The van der Waals surface area contributed by atoms with Crippen LogP contribution in [-0.2, 0) is 6.42 Å². The molecule has 6 heteroatoms. The van der Waals surface area contributed by atoms with Gasteiger partial charge in [0.2, 0.25) is 0 Å². The summed E-state index contributed by atoms with van der Waals surface area (Å²) in [4.78, 5) is 9.73. The van der Waals surface area contributed by atoms with Gasteiger partial charge >= 0.3 is 0 Å². The Morgan fingerprint density at radius 2 is 2.35 bits per heavy atom. The Hall–Kier alpha value is -0.820. The molecule has 2 aromatic heterocycles. The van der Waals surface area contributed by atoms with Gasteiger partial charge in [0.15, 0.2) is 0 Å². The molecule has 2 aromatic rings. The zero-order valence-corrected chi connectivity index (χ0v) is 11.8. The Morgan fingerprint density at radius 3 is 2.94 bits per heavy atom. The number of aromatic nitrogens is 2. The number of hydrazine groups is 1. The minimum Gasteiger partial charge on any atom is -0.271 e. The monoisotopic (exact) mass is 312 g/mol. The molecule has 0 amide bonds. The number of halogens is 1. The number of hydrogen-bond acceptors (Lipinski definition) is 5. The fourth-order valence-electron chi connectivity index (χ4n) is 1.57. The molecule has 2 rings (SSSR count). The molecule has 1 unspecified atom stereocenters. The van der Waals surface area contributed by atoms with E-state index in [1.165, 1.54) is 4.88 Å². The van der Waals surface area contributed by atoms with Crippen molar-refractivity contribution in [3.8, 4) is 0 Å². The standard InChI is InChI=1S/C11H13BrN4S/c1-7-14-4-2-9(15-7)10(16-13)6-11-8(12)3-5-17-11/h2-5,10,16H,6,13H2,1H3. The van der Waals surface area contributed by atoms with Crippen LogP contribution in [0.4, 0.5) is 0 Å². The lowest BCUT2D eigenvalue weighted by Gasteiger charge is -2.14. The molecule has 90 valence electrons. The Balaban J connectivity index is 2.20. The highest BCUT2D eigenvalue weighted by Crippen LogP contribution is 2.27. The van der Waals surface area contributed by atoms with E-state index < -0.39 is 0 Å². The zero-order valence-electron chi connectivity index (χ0n) is 9.35. The third-order valence-corrected chi connectivity index (χ3v) is 4.39. The molecule has 0 aliphatic heterocycles. The molecule has 0 spiro atoms. The van der Waals surface area contributed by atoms with Gasteiger partial charge in [-0.3, -0.25) is 11.3 Å². The summed E-state index contributed by atoms with van der Waals surface area (Å²) in [5.74, 6) is 6.36. The minimum absolute atomic E-state index is 0.00616. The highest BCUT2D eigenvalue weighted by molar-refractivity contribution is 9.10. The van der Waals surface area contributed by atoms with E-state index in [2.05, 4.69) is 36.7 Å². The highest BCUT2D eigenvalue weighted by atomic mass is 79.9. The van der Waals surface area contributed by atoms with E-state index in [4.69, 9.17) is 5.84 Å². The first-order chi connectivity index (χ1) is 8.20. The Morgan fingerprint density at radius 1 is 1.53 bits per heavy atom. The predicted octanol–water partition coefficient (Wildman–Crippen LogP) is 2.36. The normalized spacial score (nSPS) is 12.6. The van der Waals surface area contributed by atoms with E-state index in [1.807, 2.05) is 19.1 Å². The van der Waals surface area contributed by atoms with Crippen molar-refractivity contribution < 1.29 is 0 Å². The molecule has 1 atom stereocenters. The maximum Gasteiger partial charge on any atom is 0.125 e. The third-order valence-electron chi connectivity index (χ3n) is 2.44. The van der Waals surface area contributed by atoms with E-state index in [0.29, 0.717) is 0 Å². The summed E-state index contributed by atoms with van der Waals surface area (Å²) in [6.45, 7) is 1.87. The predicted molar refractivity (Wildman–Crippen MR) is 72.6 cm³/mol. The van der Waals surface area contributed by atoms with Crippen molar-refractivity contribution in [2.75, 3.05) is 0 Å². The summed E-state index contributed by atoms with van der Waals surface area (Å²) in [7, 11) is 0. The van der Waals surface area contributed by atoms with Gasteiger partial charge in [0.1, 0.15) is 5.82 Å². The van der Waals surface area contributed by atoms with E-state index in [1.54, 1.807) is 17.5 Å². The van der Waals surface area contributed by atoms with Crippen molar-refractivity contribution in [1.29, 1.82) is 0 Å². The number of thiophene rings is 1. The second-order valence-electron chi connectivity index (χ2n) is 3.64. The molecule has 4 nitrogen and oxygen atoms in total. The van der Waals surface area contributed by atoms with Crippen LogP contribution in [0.2, 0.25) is 0 Å². The summed E-state index contributed by atoms with van der Waals surface area (Å²) >= 11 is 5.23. The lowest BCUT2D eigenvalue weighted by molar-refractivity contribution is 0.538. The van der Waals surface area contributed by atoms with Gasteiger partial charge in [0.05, 0.1) is 11.7 Å². The molecule has 0 radical (unpaired) electrons. The maximum atomic E-state index is 5.60. The van der Waals surface area contributed by atoms with Gasteiger partial charge < -0.3 is 0 Å². The summed E-state index contributed by atoms with van der Waals surface area (Å²) in [5.41, 5.74) is 3.72. The molecule has 0 fully saturated rings. The number of rotatable bonds is 4. The van der Waals surface area contributed by atoms with Gasteiger partial charge in [0, 0.05) is 22.0 Å². The maximum absolute atomic E-state index is 5.60. The average molecular weight is 313 g/mol. The first-order valence-corrected chi connectivity index (χ1v) is 6.85. The molecule has 2 heterocycles. The average Bonchev–Trinajstić information content (AvgIpc) is 2.71. The van der Waals surface area contributed by atoms with Crippen molar-refractivity contribution in [3.63, 3.8) is 0 Å². The van der Waals surface area contributed by atoms with Crippen molar-refractivity contribution >= 4 is 27.3 Å². The van der Waals surface area contributed by atoms with Crippen LogP contribution < -0.4 is 11.3 Å². The first kappa shape index (κ1) is 12.6. The molecule has 0 bridgehead atoms. The van der Waals surface area contributed by atoms with Gasteiger partial charge in [-0.05, 0) is 40.4 Å². The van der Waals surface area contributed by atoms with E-state index in [-0.39, 0.29) is 6.04 Å². The molecule has 0 aliphatic carbocycles. The molecule has 3 N–H and O–H groups in total. The second-order valence-corrected chi connectivity index (χ2v) is 5.50. The zero-order chi connectivity index (χ0) is 12.3. The molecule has 0 aromatic carbocycles. The van der Waals surface area contributed by atoms with Crippen LogP contribution in [0.1, 0.15) is 22.4 Å². The summed E-state index contributed by atoms with van der Waals surface area (Å²) in [6, 6.07) is 3.93. The van der Waals surface area contributed by atoms with E-state index >= 15 is 0 Å². The number of hydrogen-bond donors (Lipinski definition) is 2. The summed E-state index contributed by atoms with van der Waals surface area (Å²) < 4.78 is 1.12. The Labute approximate surface area is 112 Å². The molecular weight excluding hydrogens is 300 g/mol. The minimum atomic E-state index is 0.00616. The number of nitrogens with one attached hydrogen (secondary N) is 1. The second kappa shape index (κ2) is 5.68. The van der Waals surface area contributed by atoms with Crippen LogP contribution in [-0.4, -0.2) is 9.97 Å².